The number of aromatic nitrogens is 9. The van der Waals surface area contributed by atoms with Crippen LogP contribution in [0.5, 0.6) is 0 Å². The second-order valence-electron chi connectivity index (χ2n) is 7.60. The van der Waals surface area contributed by atoms with Crippen LogP contribution in [0.1, 0.15) is 0 Å². The van der Waals surface area contributed by atoms with Gasteiger partial charge in [0, 0.05) is 53.9 Å². The number of pyridine rings is 3. The van der Waals surface area contributed by atoms with E-state index in [-0.39, 0.29) is 0 Å². The van der Waals surface area contributed by atoms with Crippen LogP contribution in [-0.2, 0) is 0 Å². The minimum Gasteiger partial charge on any atom is -0.424 e. The van der Waals surface area contributed by atoms with Gasteiger partial charge in [0.05, 0.1) is 17.1 Å². The molecule has 6 heterocycles. The lowest BCUT2D eigenvalue weighted by molar-refractivity contribution is 0.775. The van der Waals surface area contributed by atoms with Gasteiger partial charge in [-0.3, -0.25) is 15.0 Å². The Kier molecular flexibility index (Phi) is 5.00. The predicted molar refractivity (Wildman–Crippen MR) is 128 cm³/mol. The summed E-state index contributed by atoms with van der Waals surface area (Å²) in [6, 6.07) is 17.5. The minimum absolute atomic E-state index is 0.443. The number of rotatable bonds is 6. The average Bonchev–Trinajstić information content (AvgIpc) is 3.68. The third kappa shape index (κ3) is 3.77. The van der Waals surface area contributed by atoms with Crippen molar-refractivity contribution in [2.24, 2.45) is 0 Å². The highest BCUT2D eigenvalue weighted by molar-refractivity contribution is 6.52. The van der Waals surface area contributed by atoms with E-state index in [2.05, 4.69) is 15.0 Å². The van der Waals surface area contributed by atoms with Gasteiger partial charge in [-0.15, -0.1) is 0 Å². The first kappa shape index (κ1) is 19.8. The van der Waals surface area contributed by atoms with Crippen molar-refractivity contribution in [1.29, 1.82) is 0 Å². The Morgan fingerprint density at radius 1 is 0.412 bits per heavy atom. The summed E-state index contributed by atoms with van der Waals surface area (Å²) in [6.07, 6.45) is 16.4. The topological polar surface area (TPSA) is 92.1 Å². The molecule has 1 radical (unpaired) electrons. The molecule has 0 saturated carbocycles. The van der Waals surface area contributed by atoms with Gasteiger partial charge >= 0.3 is 0 Å². The lowest BCUT2D eigenvalue weighted by Crippen LogP contribution is -2.42. The molecular weight excluding hydrogens is 425 g/mol. The fourth-order valence-electron chi connectivity index (χ4n) is 3.79. The van der Waals surface area contributed by atoms with Crippen molar-refractivity contribution in [3.63, 3.8) is 0 Å². The van der Waals surface area contributed by atoms with Gasteiger partial charge in [0.1, 0.15) is 0 Å². The summed E-state index contributed by atoms with van der Waals surface area (Å²) in [5.74, 6) is 0. The van der Waals surface area contributed by atoms with Crippen molar-refractivity contribution in [2.45, 2.75) is 0 Å². The van der Waals surface area contributed by atoms with E-state index in [9.17, 15) is 0 Å². The van der Waals surface area contributed by atoms with Crippen molar-refractivity contribution in [1.82, 2.24) is 44.0 Å². The first-order chi connectivity index (χ1) is 16.8. The van der Waals surface area contributed by atoms with Gasteiger partial charge in [-0.2, -0.15) is 0 Å². The summed E-state index contributed by atoms with van der Waals surface area (Å²) in [6.45, 7) is 0. The predicted octanol–water partition coefficient (Wildman–Crippen LogP) is 3.39. The maximum absolute atomic E-state index is 4.84. The SMILES string of the molecule is c1cc(-c2ccn([B-](n3ccc(-c4ccncc4)n3)n3ccc(-c4ccncc4)n3)n2)ccn1. The van der Waals surface area contributed by atoms with E-state index in [1.54, 1.807) is 37.2 Å². The van der Waals surface area contributed by atoms with Gasteiger partial charge in [0.15, 0.2) is 0 Å². The van der Waals surface area contributed by atoms with Crippen LogP contribution >= 0.6 is 0 Å². The Morgan fingerprint density at radius 2 is 0.706 bits per heavy atom. The van der Waals surface area contributed by atoms with Crippen molar-refractivity contribution >= 4 is 7.12 Å². The number of hydrogen-bond donors (Lipinski definition) is 0. The molecule has 0 unspecified atom stereocenters. The molecule has 0 atom stereocenters. The molecule has 6 aromatic rings. The van der Waals surface area contributed by atoms with Gasteiger partial charge < -0.3 is 13.8 Å². The van der Waals surface area contributed by atoms with Crippen LogP contribution in [0.15, 0.2) is 110 Å². The summed E-state index contributed by atoms with van der Waals surface area (Å²) in [5.41, 5.74) is 5.50. The van der Waals surface area contributed by atoms with E-state index in [0.717, 1.165) is 33.8 Å². The average molecular weight is 443 g/mol. The monoisotopic (exact) mass is 443 g/mol. The quantitative estimate of drug-likeness (QED) is 0.367. The van der Waals surface area contributed by atoms with E-state index in [1.165, 1.54) is 0 Å². The van der Waals surface area contributed by atoms with Crippen LogP contribution in [0.25, 0.3) is 33.8 Å². The third-order valence-corrected chi connectivity index (χ3v) is 5.46. The molecule has 10 heteroatoms. The Balaban J connectivity index is 1.43. The second kappa shape index (κ2) is 8.59. The lowest BCUT2D eigenvalue weighted by Gasteiger charge is -2.29. The molecular formula is C24H18BN9-. The van der Waals surface area contributed by atoms with Crippen LogP contribution in [0, 0.1) is 0 Å². The molecule has 0 aromatic carbocycles. The second-order valence-corrected chi connectivity index (χ2v) is 7.60. The molecule has 0 bridgehead atoms. The van der Waals surface area contributed by atoms with Crippen molar-refractivity contribution in [2.75, 3.05) is 0 Å². The Labute approximate surface area is 195 Å². The summed E-state index contributed by atoms with van der Waals surface area (Å²) >= 11 is 0. The van der Waals surface area contributed by atoms with E-state index >= 15 is 0 Å². The van der Waals surface area contributed by atoms with E-state index in [1.807, 2.05) is 87.0 Å². The molecule has 0 aliphatic carbocycles. The molecule has 6 rings (SSSR count). The molecule has 9 nitrogen and oxygen atoms in total. The molecule has 0 aliphatic heterocycles. The third-order valence-electron chi connectivity index (χ3n) is 5.46. The van der Waals surface area contributed by atoms with Crippen molar-refractivity contribution in [3.8, 4) is 33.8 Å². The number of hydrogen-bond acceptors (Lipinski definition) is 6. The maximum Gasteiger partial charge on any atom is 0.260 e. The van der Waals surface area contributed by atoms with Crippen LogP contribution in [0.2, 0.25) is 0 Å². The smallest absolute Gasteiger partial charge is 0.260 e. The van der Waals surface area contributed by atoms with Crippen molar-refractivity contribution in [3.05, 3.63) is 110 Å². The van der Waals surface area contributed by atoms with Crippen LogP contribution in [0.3, 0.4) is 0 Å². The summed E-state index contributed by atoms with van der Waals surface area (Å²) in [5, 5.41) is 14.5. The molecule has 0 aliphatic rings. The molecule has 0 saturated heterocycles. The zero-order valence-electron chi connectivity index (χ0n) is 18.0. The fourth-order valence-corrected chi connectivity index (χ4v) is 3.79. The number of nitrogens with zero attached hydrogens (tertiary/aromatic N) is 9. The largest absolute Gasteiger partial charge is 0.424 e. The molecule has 6 aromatic heterocycles. The molecule has 0 fully saturated rings. The van der Waals surface area contributed by atoms with Crippen molar-refractivity contribution < 1.29 is 0 Å². The highest BCUT2D eigenvalue weighted by Gasteiger charge is 2.14. The molecule has 0 amide bonds. The first-order valence-corrected chi connectivity index (χ1v) is 10.7. The van der Waals surface area contributed by atoms with Gasteiger partial charge in [0.2, 0.25) is 0 Å². The fraction of sp³-hybridized carbons (Fsp3) is 0. The van der Waals surface area contributed by atoms with E-state index in [0.29, 0.717) is 0 Å². The molecule has 0 spiro atoms. The summed E-state index contributed by atoms with van der Waals surface area (Å²) in [7, 11) is -0.443. The zero-order chi connectivity index (χ0) is 22.7. The first-order valence-electron chi connectivity index (χ1n) is 10.7. The van der Waals surface area contributed by atoms with Crippen LogP contribution < -0.4 is 0 Å². The summed E-state index contributed by atoms with van der Waals surface area (Å²) < 4.78 is 5.55. The zero-order valence-corrected chi connectivity index (χ0v) is 18.0. The molecule has 163 valence electrons. The minimum atomic E-state index is -0.443. The normalized spacial score (nSPS) is 11.2. The van der Waals surface area contributed by atoms with Gasteiger partial charge in [0.25, 0.3) is 7.12 Å². The van der Waals surface area contributed by atoms with Crippen LogP contribution in [-0.4, -0.2) is 51.1 Å². The van der Waals surface area contributed by atoms with E-state index < -0.39 is 7.12 Å². The summed E-state index contributed by atoms with van der Waals surface area (Å²) in [4.78, 5) is 12.3. The Morgan fingerprint density at radius 3 is 1.00 bits per heavy atom. The standard InChI is InChI=1S/C24H18BN9/c1-10-26-11-2-19(1)22-7-16-32(29-22)25(33-17-8-23(30-33)20-3-12-27-13-4-20)34-18-9-24(31-34)21-5-14-28-15-6-21/h1-18H/q-1. The maximum atomic E-state index is 4.84. The van der Waals surface area contributed by atoms with Crippen LogP contribution in [0.4, 0.5) is 0 Å². The van der Waals surface area contributed by atoms with Gasteiger partial charge in [-0.25, -0.2) is 15.3 Å². The van der Waals surface area contributed by atoms with Gasteiger partial charge in [-0.1, -0.05) is 0 Å². The molecule has 0 N–H and O–H groups in total. The lowest BCUT2D eigenvalue weighted by atomic mass is 9.96. The van der Waals surface area contributed by atoms with Gasteiger partial charge in [-0.05, 0) is 73.2 Å². The highest BCUT2D eigenvalue weighted by atomic mass is 15.4. The molecule has 34 heavy (non-hydrogen) atoms. The highest BCUT2D eigenvalue weighted by Crippen LogP contribution is 2.20. The van der Waals surface area contributed by atoms with E-state index in [4.69, 9.17) is 15.3 Å². The Hall–Kier alpha value is -4.86. The Bertz CT molecular complexity index is 1320.